The number of ketones is 1. The monoisotopic (exact) mass is 215 g/mol. The average Bonchev–Trinajstić information content (AvgIpc) is 2.60. The van der Waals surface area contributed by atoms with Crippen LogP contribution in [-0.2, 0) is 6.42 Å². The molecule has 0 amide bonds. The predicted octanol–water partition coefficient (Wildman–Crippen LogP) is 3.40. The van der Waals surface area contributed by atoms with Gasteiger partial charge in [-0.2, -0.15) is 0 Å². The predicted molar refractivity (Wildman–Crippen MR) is 66.1 cm³/mol. The van der Waals surface area contributed by atoms with Crippen LogP contribution in [0.15, 0.2) is 24.4 Å². The molecule has 0 aliphatic rings. The lowest BCUT2D eigenvalue weighted by Crippen LogP contribution is -1.94. The van der Waals surface area contributed by atoms with Crippen LogP contribution in [0.4, 0.5) is 0 Å². The highest BCUT2D eigenvalue weighted by Gasteiger charge is 2.13. The summed E-state index contributed by atoms with van der Waals surface area (Å²) in [7, 11) is 0. The SMILES string of the molecule is CCCc1cc(C(C)=O)c2c(C)cccn12. The van der Waals surface area contributed by atoms with Crippen molar-refractivity contribution in [1.29, 1.82) is 0 Å². The first-order valence-corrected chi connectivity index (χ1v) is 5.75. The van der Waals surface area contributed by atoms with Gasteiger partial charge in [0.05, 0.1) is 5.52 Å². The molecule has 0 N–H and O–H groups in total. The van der Waals surface area contributed by atoms with E-state index in [-0.39, 0.29) is 5.78 Å². The molecule has 0 aromatic carbocycles. The van der Waals surface area contributed by atoms with E-state index in [1.807, 2.05) is 18.3 Å². The van der Waals surface area contributed by atoms with Gasteiger partial charge in [-0.3, -0.25) is 4.79 Å². The van der Waals surface area contributed by atoms with Crippen LogP contribution in [0, 0.1) is 6.92 Å². The van der Waals surface area contributed by atoms with Crippen molar-refractivity contribution in [1.82, 2.24) is 4.40 Å². The van der Waals surface area contributed by atoms with Crippen LogP contribution in [-0.4, -0.2) is 10.2 Å². The summed E-state index contributed by atoms with van der Waals surface area (Å²) in [5.74, 6) is 0.147. The standard InChI is InChI=1S/C14H17NO/c1-4-6-12-9-13(11(3)16)14-10(2)7-5-8-15(12)14/h5,7-9H,4,6H2,1-3H3. The maximum atomic E-state index is 11.6. The molecule has 16 heavy (non-hydrogen) atoms. The molecule has 0 unspecified atom stereocenters. The molecular weight excluding hydrogens is 198 g/mol. The molecule has 2 heterocycles. The molecule has 0 saturated carbocycles. The van der Waals surface area contributed by atoms with Gasteiger partial charge in [0, 0.05) is 17.5 Å². The van der Waals surface area contributed by atoms with E-state index in [4.69, 9.17) is 0 Å². The Kier molecular flexibility index (Phi) is 2.82. The number of aryl methyl sites for hydroxylation is 2. The summed E-state index contributed by atoms with van der Waals surface area (Å²) in [6, 6.07) is 6.12. The van der Waals surface area contributed by atoms with Crippen molar-refractivity contribution in [2.45, 2.75) is 33.6 Å². The molecule has 0 aliphatic heterocycles. The number of carbonyl (C=O) groups excluding carboxylic acids is 1. The van der Waals surface area contributed by atoms with Gasteiger partial charge in [0.25, 0.3) is 0 Å². The second-order valence-corrected chi connectivity index (χ2v) is 4.27. The number of hydrogen-bond donors (Lipinski definition) is 0. The van der Waals surface area contributed by atoms with Gasteiger partial charge in [-0.15, -0.1) is 0 Å². The smallest absolute Gasteiger partial charge is 0.161 e. The molecule has 2 rings (SSSR count). The molecule has 0 saturated heterocycles. The zero-order valence-corrected chi connectivity index (χ0v) is 10.1. The van der Waals surface area contributed by atoms with Gasteiger partial charge in [-0.1, -0.05) is 19.4 Å². The minimum atomic E-state index is 0.147. The highest BCUT2D eigenvalue weighted by Crippen LogP contribution is 2.22. The number of Topliss-reactive ketones (excluding diaryl/α,β-unsaturated/α-hetero) is 1. The largest absolute Gasteiger partial charge is 0.320 e. The lowest BCUT2D eigenvalue weighted by atomic mass is 10.1. The summed E-state index contributed by atoms with van der Waals surface area (Å²) in [5.41, 5.74) is 4.31. The Morgan fingerprint density at radius 2 is 2.19 bits per heavy atom. The molecule has 2 heteroatoms. The third-order valence-corrected chi connectivity index (χ3v) is 2.96. The molecule has 2 nitrogen and oxygen atoms in total. The van der Waals surface area contributed by atoms with Crippen LogP contribution in [0.2, 0.25) is 0 Å². The third kappa shape index (κ3) is 1.64. The summed E-state index contributed by atoms with van der Waals surface area (Å²) in [4.78, 5) is 11.6. The van der Waals surface area contributed by atoms with Crippen molar-refractivity contribution < 1.29 is 4.79 Å². The lowest BCUT2D eigenvalue weighted by molar-refractivity contribution is 0.101. The number of carbonyl (C=O) groups is 1. The van der Waals surface area contributed by atoms with Gasteiger partial charge in [0.1, 0.15) is 0 Å². The highest BCUT2D eigenvalue weighted by molar-refractivity contribution is 6.02. The first kappa shape index (κ1) is 10.9. The topological polar surface area (TPSA) is 21.5 Å². The Balaban J connectivity index is 2.76. The maximum absolute atomic E-state index is 11.6. The summed E-state index contributed by atoms with van der Waals surface area (Å²) < 4.78 is 2.15. The molecule has 0 fully saturated rings. The Morgan fingerprint density at radius 1 is 1.44 bits per heavy atom. The van der Waals surface area contributed by atoms with Crippen LogP contribution < -0.4 is 0 Å². The van der Waals surface area contributed by atoms with Crippen molar-refractivity contribution in [2.75, 3.05) is 0 Å². The van der Waals surface area contributed by atoms with Crippen LogP contribution in [0.1, 0.15) is 41.9 Å². The zero-order chi connectivity index (χ0) is 11.7. The number of aromatic nitrogens is 1. The van der Waals surface area contributed by atoms with E-state index < -0.39 is 0 Å². The number of rotatable bonds is 3. The number of hydrogen-bond acceptors (Lipinski definition) is 1. The van der Waals surface area contributed by atoms with Crippen LogP contribution >= 0.6 is 0 Å². The van der Waals surface area contributed by atoms with Crippen molar-refractivity contribution in [2.24, 2.45) is 0 Å². The normalized spacial score (nSPS) is 10.9. The Morgan fingerprint density at radius 3 is 2.81 bits per heavy atom. The fraction of sp³-hybridized carbons (Fsp3) is 0.357. The molecule has 0 aliphatic carbocycles. The molecule has 84 valence electrons. The molecule has 2 aromatic heterocycles. The second-order valence-electron chi connectivity index (χ2n) is 4.27. The van der Waals surface area contributed by atoms with Gasteiger partial charge in [-0.25, -0.2) is 0 Å². The highest BCUT2D eigenvalue weighted by atomic mass is 16.1. The Hall–Kier alpha value is -1.57. The zero-order valence-electron chi connectivity index (χ0n) is 10.1. The first-order valence-electron chi connectivity index (χ1n) is 5.75. The molecule has 0 atom stereocenters. The van der Waals surface area contributed by atoms with E-state index in [0.29, 0.717) is 0 Å². The second kappa shape index (κ2) is 4.12. The molecule has 0 bridgehead atoms. The van der Waals surface area contributed by atoms with Gasteiger partial charge in [0.15, 0.2) is 5.78 Å². The number of nitrogens with zero attached hydrogens (tertiary/aromatic N) is 1. The maximum Gasteiger partial charge on any atom is 0.161 e. The summed E-state index contributed by atoms with van der Waals surface area (Å²) in [5, 5.41) is 0. The van der Waals surface area contributed by atoms with Crippen molar-refractivity contribution >= 4 is 11.3 Å². The van der Waals surface area contributed by atoms with Crippen molar-refractivity contribution in [3.63, 3.8) is 0 Å². The quantitative estimate of drug-likeness (QED) is 0.719. The third-order valence-electron chi connectivity index (χ3n) is 2.96. The first-order chi connectivity index (χ1) is 7.65. The van der Waals surface area contributed by atoms with Crippen molar-refractivity contribution in [3.05, 3.63) is 41.2 Å². The van der Waals surface area contributed by atoms with Gasteiger partial charge in [0.2, 0.25) is 0 Å². The fourth-order valence-electron chi connectivity index (χ4n) is 2.22. The van der Waals surface area contributed by atoms with Crippen LogP contribution in [0.5, 0.6) is 0 Å². The summed E-state index contributed by atoms with van der Waals surface area (Å²) >= 11 is 0. The fourth-order valence-corrected chi connectivity index (χ4v) is 2.22. The van der Waals surface area contributed by atoms with Crippen molar-refractivity contribution in [3.8, 4) is 0 Å². The minimum Gasteiger partial charge on any atom is -0.320 e. The lowest BCUT2D eigenvalue weighted by Gasteiger charge is -2.03. The van der Waals surface area contributed by atoms with E-state index >= 15 is 0 Å². The molecule has 0 radical (unpaired) electrons. The molecular formula is C14H17NO. The van der Waals surface area contributed by atoms with Gasteiger partial charge < -0.3 is 4.40 Å². The van der Waals surface area contributed by atoms with Gasteiger partial charge >= 0.3 is 0 Å². The summed E-state index contributed by atoms with van der Waals surface area (Å²) in [6.07, 6.45) is 4.15. The van der Waals surface area contributed by atoms with E-state index in [1.165, 1.54) is 5.69 Å². The Labute approximate surface area is 95.9 Å². The minimum absolute atomic E-state index is 0.147. The van der Waals surface area contributed by atoms with E-state index in [2.05, 4.69) is 24.3 Å². The van der Waals surface area contributed by atoms with Crippen LogP contribution in [0.3, 0.4) is 0 Å². The molecule has 2 aromatic rings. The van der Waals surface area contributed by atoms with Gasteiger partial charge in [-0.05, 0) is 38.0 Å². The van der Waals surface area contributed by atoms with E-state index in [1.54, 1.807) is 6.92 Å². The molecule has 0 spiro atoms. The summed E-state index contributed by atoms with van der Waals surface area (Å²) in [6.45, 7) is 5.84. The average molecular weight is 215 g/mol. The number of fused-ring (bicyclic) bond motifs is 1. The number of pyridine rings is 1. The van der Waals surface area contributed by atoms with Crippen LogP contribution in [0.25, 0.3) is 5.52 Å². The van der Waals surface area contributed by atoms with E-state index in [9.17, 15) is 4.79 Å². The Bertz CT molecular complexity index is 537. The van der Waals surface area contributed by atoms with E-state index in [0.717, 1.165) is 29.5 Å².